The molecule has 1 unspecified atom stereocenters. The molecule has 0 bridgehead atoms. The van der Waals surface area contributed by atoms with E-state index in [4.69, 9.17) is 20.7 Å². The van der Waals surface area contributed by atoms with Crippen LogP contribution in [0.3, 0.4) is 0 Å². The van der Waals surface area contributed by atoms with Crippen LogP contribution in [0.4, 0.5) is 4.79 Å². The number of hydrogen-bond donors (Lipinski definition) is 7. The molecule has 0 aliphatic carbocycles. The van der Waals surface area contributed by atoms with Gasteiger partial charge in [0.25, 0.3) is 0 Å². The summed E-state index contributed by atoms with van der Waals surface area (Å²) < 4.78 is 4.92. The Kier molecular flexibility index (Phi) is 9.37. The summed E-state index contributed by atoms with van der Waals surface area (Å²) in [5.41, 5.74) is 5.10. The molecule has 5 atom stereocenters. The SMILES string of the molecule is C=C(CCC)C(=O)O.NC(=O)NC1O[C@H](CO)[C@@H](O)[C@H](O)[C@H]1O. The molecule has 1 rings (SSSR count). The maximum Gasteiger partial charge on any atom is 0.330 e. The Morgan fingerprint density at radius 1 is 1.22 bits per heavy atom. The lowest BCUT2D eigenvalue weighted by Crippen LogP contribution is -2.63. The normalized spacial score (nSPS) is 29.9. The third kappa shape index (κ3) is 6.93. The van der Waals surface area contributed by atoms with Crippen LogP contribution >= 0.6 is 0 Å². The van der Waals surface area contributed by atoms with Gasteiger partial charge in [-0.25, -0.2) is 9.59 Å². The van der Waals surface area contributed by atoms with Crippen molar-refractivity contribution in [3.8, 4) is 0 Å². The largest absolute Gasteiger partial charge is 0.478 e. The van der Waals surface area contributed by atoms with Crippen LogP contribution in [0.15, 0.2) is 12.2 Å². The minimum Gasteiger partial charge on any atom is -0.478 e. The minimum atomic E-state index is -1.52. The predicted molar refractivity (Wildman–Crippen MR) is 78.2 cm³/mol. The van der Waals surface area contributed by atoms with E-state index in [9.17, 15) is 24.9 Å². The van der Waals surface area contributed by atoms with Crippen molar-refractivity contribution in [3.05, 3.63) is 12.2 Å². The Bertz CT molecular complexity index is 415. The fraction of sp³-hybridized carbons (Fsp3) is 0.692. The molecule has 134 valence electrons. The first-order valence-corrected chi connectivity index (χ1v) is 6.93. The number of primary amides is 1. The van der Waals surface area contributed by atoms with Gasteiger partial charge in [0.05, 0.1) is 6.61 Å². The van der Waals surface area contributed by atoms with Crippen molar-refractivity contribution in [1.29, 1.82) is 0 Å². The van der Waals surface area contributed by atoms with Crippen molar-refractivity contribution >= 4 is 12.0 Å². The van der Waals surface area contributed by atoms with Crippen LogP contribution < -0.4 is 11.1 Å². The van der Waals surface area contributed by atoms with Gasteiger partial charge in [-0.15, -0.1) is 0 Å². The number of ether oxygens (including phenoxy) is 1. The van der Waals surface area contributed by atoms with E-state index in [2.05, 4.69) is 6.58 Å². The summed E-state index contributed by atoms with van der Waals surface area (Å²) >= 11 is 0. The Morgan fingerprint density at radius 2 is 1.78 bits per heavy atom. The summed E-state index contributed by atoms with van der Waals surface area (Å²) in [6.07, 6.45) is -5.34. The molecule has 10 nitrogen and oxygen atoms in total. The highest BCUT2D eigenvalue weighted by atomic mass is 16.6. The topological polar surface area (TPSA) is 183 Å². The third-order valence-electron chi connectivity index (χ3n) is 3.03. The summed E-state index contributed by atoms with van der Waals surface area (Å²) in [6, 6.07) is -0.945. The maximum absolute atomic E-state index is 10.5. The van der Waals surface area contributed by atoms with E-state index in [1.165, 1.54) is 0 Å². The lowest BCUT2D eigenvalue weighted by atomic mass is 9.98. The summed E-state index contributed by atoms with van der Waals surface area (Å²) in [4.78, 5) is 20.5. The van der Waals surface area contributed by atoms with Gasteiger partial charge in [-0.2, -0.15) is 0 Å². The zero-order chi connectivity index (χ0) is 18.2. The van der Waals surface area contributed by atoms with Crippen LogP contribution in [0.1, 0.15) is 19.8 Å². The first kappa shape index (κ1) is 21.3. The number of aliphatic hydroxyl groups is 4. The average molecular weight is 336 g/mol. The van der Waals surface area contributed by atoms with Crippen molar-refractivity contribution in [3.63, 3.8) is 0 Å². The predicted octanol–water partition coefficient (Wildman–Crippen LogP) is -2.12. The van der Waals surface area contributed by atoms with E-state index >= 15 is 0 Å². The second kappa shape index (κ2) is 10.1. The van der Waals surface area contributed by atoms with Crippen LogP contribution in [-0.2, 0) is 9.53 Å². The fourth-order valence-corrected chi connectivity index (χ4v) is 1.77. The number of carboxylic acid groups (broad SMARTS) is 1. The van der Waals surface area contributed by atoms with Crippen LogP contribution in [0.25, 0.3) is 0 Å². The van der Waals surface area contributed by atoms with Gasteiger partial charge in [0.2, 0.25) is 0 Å². The van der Waals surface area contributed by atoms with Crippen molar-refractivity contribution in [2.75, 3.05) is 6.61 Å². The van der Waals surface area contributed by atoms with Crippen molar-refractivity contribution < 1.29 is 39.9 Å². The van der Waals surface area contributed by atoms with E-state index in [-0.39, 0.29) is 0 Å². The zero-order valence-electron chi connectivity index (χ0n) is 12.8. The minimum absolute atomic E-state index is 0.299. The molecule has 1 aliphatic heterocycles. The molecule has 2 amide bonds. The Balaban J connectivity index is 0.000000515. The summed E-state index contributed by atoms with van der Waals surface area (Å²) in [6.45, 7) is 4.72. The number of carbonyl (C=O) groups excluding carboxylic acids is 1. The lowest BCUT2D eigenvalue weighted by molar-refractivity contribution is -0.233. The Morgan fingerprint density at radius 3 is 2.13 bits per heavy atom. The van der Waals surface area contributed by atoms with E-state index in [0.717, 1.165) is 6.42 Å². The van der Waals surface area contributed by atoms with Crippen molar-refractivity contribution in [2.45, 2.75) is 50.4 Å². The summed E-state index contributed by atoms with van der Waals surface area (Å²) in [7, 11) is 0. The van der Waals surface area contributed by atoms with Crippen molar-refractivity contribution in [1.82, 2.24) is 5.32 Å². The van der Waals surface area contributed by atoms with Gasteiger partial charge in [-0.3, -0.25) is 0 Å². The van der Waals surface area contributed by atoms with Crippen LogP contribution in [0, 0.1) is 0 Å². The fourth-order valence-electron chi connectivity index (χ4n) is 1.77. The van der Waals surface area contributed by atoms with E-state index < -0.39 is 49.3 Å². The number of nitrogens with two attached hydrogens (primary N) is 1. The van der Waals surface area contributed by atoms with Crippen molar-refractivity contribution in [2.24, 2.45) is 5.73 Å². The summed E-state index contributed by atoms with van der Waals surface area (Å²) in [5, 5.41) is 47.1. The Labute approximate surface area is 133 Å². The number of rotatable bonds is 5. The second-order valence-electron chi connectivity index (χ2n) is 4.92. The molecule has 0 spiro atoms. The number of nitrogens with one attached hydrogen (secondary N) is 1. The standard InChI is InChI=1S/C7H14N2O6.C6H10O2/c8-7(14)9-6-5(13)4(12)3(11)2(1-10)15-6;1-3-4-5(2)6(7)8/h2-6,10-13H,1H2,(H3,8,9,14);2-4H2,1H3,(H,7,8)/t2-,3-,4+,5-,6?;/m1./s1. The smallest absolute Gasteiger partial charge is 0.330 e. The number of carboxylic acids is 1. The van der Waals surface area contributed by atoms with Gasteiger partial charge in [0.15, 0.2) is 6.23 Å². The highest BCUT2D eigenvalue weighted by Crippen LogP contribution is 2.19. The van der Waals surface area contributed by atoms with E-state index in [1.807, 2.05) is 12.2 Å². The number of carbonyl (C=O) groups is 2. The average Bonchev–Trinajstić information content (AvgIpc) is 2.48. The molecule has 0 aromatic heterocycles. The first-order chi connectivity index (χ1) is 10.6. The number of amides is 2. The van der Waals surface area contributed by atoms with Crippen LogP contribution in [0.5, 0.6) is 0 Å². The number of aliphatic hydroxyl groups excluding tert-OH is 4. The highest BCUT2D eigenvalue weighted by Gasteiger charge is 2.43. The zero-order valence-corrected chi connectivity index (χ0v) is 12.8. The van der Waals surface area contributed by atoms with Gasteiger partial charge < -0.3 is 41.3 Å². The molecule has 10 heteroatoms. The van der Waals surface area contributed by atoms with Gasteiger partial charge in [0, 0.05) is 5.57 Å². The third-order valence-corrected chi connectivity index (χ3v) is 3.03. The molecule has 8 N–H and O–H groups in total. The molecule has 0 saturated carbocycles. The van der Waals surface area contributed by atoms with Crippen LogP contribution in [0.2, 0.25) is 0 Å². The second-order valence-corrected chi connectivity index (χ2v) is 4.92. The molecule has 1 aliphatic rings. The number of hydrogen-bond acceptors (Lipinski definition) is 7. The molecule has 0 aromatic carbocycles. The molecule has 1 saturated heterocycles. The maximum atomic E-state index is 10.5. The molecule has 1 fully saturated rings. The molecule has 0 aromatic rings. The van der Waals surface area contributed by atoms with E-state index in [0.29, 0.717) is 12.0 Å². The first-order valence-electron chi connectivity index (χ1n) is 6.93. The van der Waals surface area contributed by atoms with Gasteiger partial charge in [-0.1, -0.05) is 19.9 Å². The molecule has 1 heterocycles. The Hall–Kier alpha value is -1.72. The molecule has 0 radical (unpaired) electrons. The molecular formula is C13H24N2O8. The summed E-state index contributed by atoms with van der Waals surface area (Å²) in [5.74, 6) is -0.883. The van der Waals surface area contributed by atoms with Crippen LogP contribution in [-0.4, -0.2) is 74.8 Å². The number of urea groups is 1. The lowest BCUT2D eigenvalue weighted by Gasteiger charge is -2.39. The monoisotopic (exact) mass is 336 g/mol. The van der Waals surface area contributed by atoms with Gasteiger partial charge in [-0.05, 0) is 6.42 Å². The molecular weight excluding hydrogens is 312 g/mol. The highest BCUT2D eigenvalue weighted by molar-refractivity contribution is 5.85. The van der Waals surface area contributed by atoms with E-state index in [1.54, 1.807) is 0 Å². The van der Waals surface area contributed by atoms with Gasteiger partial charge >= 0.3 is 12.0 Å². The quantitative estimate of drug-likeness (QED) is 0.278. The number of aliphatic carboxylic acids is 1. The molecule has 23 heavy (non-hydrogen) atoms. The van der Waals surface area contributed by atoms with Gasteiger partial charge in [0.1, 0.15) is 24.4 Å².